The van der Waals surface area contributed by atoms with Gasteiger partial charge >= 0.3 is 11.8 Å². The molecule has 1 aliphatic carbocycles. The minimum Gasteiger partial charge on any atom is -0.391 e. The maximum atomic E-state index is 11.8. The van der Waals surface area contributed by atoms with Gasteiger partial charge in [-0.25, -0.2) is 0 Å². The van der Waals surface area contributed by atoms with Gasteiger partial charge in [-0.15, -0.1) is 0 Å². The first-order valence-corrected chi connectivity index (χ1v) is 7.47. The van der Waals surface area contributed by atoms with Crippen LogP contribution in [0.15, 0.2) is 18.2 Å². The zero-order valence-corrected chi connectivity index (χ0v) is 12.7. The third-order valence-corrected chi connectivity index (χ3v) is 3.81. The van der Waals surface area contributed by atoms with Crippen LogP contribution < -0.4 is 10.6 Å². The molecular formula is C14H16Cl2N2O3. The Hall–Kier alpha value is -1.30. The minimum atomic E-state index is -0.814. The van der Waals surface area contributed by atoms with Gasteiger partial charge in [0.05, 0.1) is 12.1 Å². The number of hydrogen-bond donors (Lipinski definition) is 3. The Kier molecular flexibility index (Phi) is 5.45. The van der Waals surface area contributed by atoms with Crippen LogP contribution >= 0.6 is 23.2 Å². The van der Waals surface area contributed by atoms with Crippen molar-refractivity contribution < 1.29 is 14.7 Å². The van der Waals surface area contributed by atoms with Crippen LogP contribution in [-0.4, -0.2) is 29.1 Å². The molecule has 1 aromatic rings. The first-order valence-electron chi connectivity index (χ1n) is 6.71. The second kappa shape index (κ2) is 7.11. The summed E-state index contributed by atoms with van der Waals surface area (Å²) >= 11 is 11.6. The molecule has 2 unspecified atom stereocenters. The Morgan fingerprint density at radius 3 is 2.29 bits per heavy atom. The lowest BCUT2D eigenvalue weighted by atomic mass is 9.92. The minimum absolute atomic E-state index is 0.344. The highest BCUT2D eigenvalue weighted by Gasteiger charge is 2.26. The zero-order chi connectivity index (χ0) is 15.4. The van der Waals surface area contributed by atoms with Crippen LogP contribution in [-0.2, 0) is 9.59 Å². The van der Waals surface area contributed by atoms with Gasteiger partial charge in [-0.2, -0.15) is 0 Å². The summed E-state index contributed by atoms with van der Waals surface area (Å²) in [5.41, 5.74) is 0.344. The largest absolute Gasteiger partial charge is 0.391 e. The van der Waals surface area contributed by atoms with E-state index in [0.29, 0.717) is 28.6 Å². The Morgan fingerprint density at radius 2 is 1.67 bits per heavy atom. The van der Waals surface area contributed by atoms with E-state index in [9.17, 15) is 14.7 Å². The summed E-state index contributed by atoms with van der Waals surface area (Å²) in [6.45, 7) is 0. The third-order valence-electron chi connectivity index (χ3n) is 3.37. The molecule has 21 heavy (non-hydrogen) atoms. The maximum Gasteiger partial charge on any atom is 0.313 e. The van der Waals surface area contributed by atoms with Gasteiger partial charge in [0.1, 0.15) is 0 Å². The molecule has 0 heterocycles. The van der Waals surface area contributed by atoms with Crippen LogP contribution in [0.25, 0.3) is 0 Å². The van der Waals surface area contributed by atoms with E-state index in [1.807, 2.05) is 0 Å². The fourth-order valence-electron chi connectivity index (χ4n) is 2.33. The number of halogens is 2. The van der Waals surface area contributed by atoms with Crippen molar-refractivity contribution in [1.29, 1.82) is 0 Å². The van der Waals surface area contributed by atoms with Gasteiger partial charge in [-0.05, 0) is 31.0 Å². The van der Waals surface area contributed by atoms with Crippen molar-refractivity contribution in [2.45, 2.75) is 37.8 Å². The van der Waals surface area contributed by atoms with E-state index in [2.05, 4.69) is 10.6 Å². The summed E-state index contributed by atoms with van der Waals surface area (Å²) in [5, 5.41) is 15.5. The number of aliphatic hydroxyl groups excluding tert-OH is 1. The third kappa shape index (κ3) is 4.59. The number of rotatable bonds is 2. The van der Waals surface area contributed by atoms with Gasteiger partial charge in [0.15, 0.2) is 0 Å². The fourth-order valence-corrected chi connectivity index (χ4v) is 2.85. The normalized spacial score (nSPS) is 21.7. The Morgan fingerprint density at radius 1 is 1.05 bits per heavy atom. The van der Waals surface area contributed by atoms with Crippen LogP contribution in [0.3, 0.4) is 0 Å². The second-order valence-corrected chi connectivity index (χ2v) is 5.92. The molecule has 0 aromatic heterocycles. The van der Waals surface area contributed by atoms with E-state index in [-0.39, 0.29) is 6.04 Å². The average Bonchev–Trinajstić information content (AvgIpc) is 2.40. The standard InChI is InChI=1S/C14H16Cl2N2O3/c15-8-5-9(16)7-10(6-8)17-13(20)14(21)18-11-3-1-2-4-12(11)19/h5-7,11-12,19H,1-4H2,(H,17,20)(H,18,21). The van der Waals surface area contributed by atoms with Crippen LogP contribution in [0.2, 0.25) is 10.0 Å². The van der Waals surface area contributed by atoms with Crippen molar-refractivity contribution in [3.05, 3.63) is 28.2 Å². The van der Waals surface area contributed by atoms with E-state index in [1.54, 1.807) is 0 Å². The molecule has 2 atom stereocenters. The molecule has 7 heteroatoms. The van der Waals surface area contributed by atoms with Gasteiger partial charge in [0, 0.05) is 15.7 Å². The number of carbonyl (C=O) groups is 2. The summed E-state index contributed by atoms with van der Waals surface area (Å²) in [4.78, 5) is 23.7. The van der Waals surface area contributed by atoms with Crippen molar-refractivity contribution >= 4 is 40.7 Å². The summed E-state index contributed by atoms with van der Waals surface area (Å²) < 4.78 is 0. The Balaban J connectivity index is 1.94. The smallest absolute Gasteiger partial charge is 0.313 e. The summed E-state index contributed by atoms with van der Waals surface area (Å²) in [7, 11) is 0. The van der Waals surface area contributed by atoms with Crippen molar-refractivity contribution in [3.63, 3.8) is 0 Å². The van der Waals surface area contributed by atoms with E-state index < -0.39 is 17.9 Å². The number of benzene rings is 1. The van der Waals surface area contributed by atoms with E-state index in [4.69, 9.17) is 23.2 Å². The van der Waals surface area contributed by atoms with Crippen molar-refractivity contribution in [1.82, 2.24) is 5.32 Å². The molecule has 114 valence electrons. The maximum absolute atomic E-state index is 11.8. The van der Waals surface area contributed by atoms with Gasteiger partial charge in [0.2, 0.25) is 0 Å². The molecule has 0 bridgehead atoms. The molecule has 2 amide bonds. The molecule has 0 saturated heterocycles. The monoisotopic (exact) mass is 330 g/mol. The lowest BCUT2D eigenvalue weighted by molar-refractivity contribution is -0.137. The highest BCUT2D eigenvalue weighted by atomic mass is 35.5. The number of aliphatic hydroxyl groups is 1. The van der Waals surface area contributed by atoms with Gasteiger partial charge < -0.3 is 15.7 Å². The van der Waals surface area contributed by atoms with E-state index >= 15 is 0 Å². The molecule has 1 aliphatic rings. The number of anilines is 1. The average molecular weight is 331 g/mol. The van der Waals surface area contributed by atoms with Crippen LogP contribution in [0.5, 0.6) is 0 Å². The SMILES string of the molecule is O=C(Nc1cc(Cl)cc(Cl)c1)C(=O)NC1CCCCC1O. The Bertz CT molecular complexity index is 531. The van der Waals surface area contributed by atoms with Crippen molar-refractivity contribution in [2.75, 3.05) is 5.32 Å². The molecule has 1 saturated carbocycles. The quantitative estimate of drug-likeness (QED) is 0.728. The van der Waals surface area contributed by atoms with Gasteiger partial charge in [-0.3, -0.25) is 9.59 Å². The predicted molar refractivity (Wildman–Crippen MR) is 81.5 cm³/mol. The van der Waals surface area contributed by atoms with Crippen molar-refractivity contribution in [3.8, 4) is 0 Å². The lowest BCUT2D eigenvalue weighted by Gasteiger charge is -2.27. The first-order chi connectivity index (χ1) is 9.95. The fraction of sp³-hybridized carbons (Fsp3) is 0.429. The van der Waals surface area contributed by atoms with Crippen LogP contribution in [0.4, 0.5) is 5.69 Å². The van der Waals surface area contributed by atoms with Crippen LogP contribution in [0, 0.1) is 0 Å². The number of nitrogens with one attached hydrogen (secondary N) is 2. The summed E-state index contributed by atoms with van der Waals surface area (Å²) in [6, 6.07) is 4.14. The molecule has 0 spiro atoms. The number of hydrogen-bond acceptors (Lipinski definition) is 3. The summed E-state index contributed by atoms with van der Waals surface area (Å²) in [6.07, 6.45) is 2.56. The van der Waals surface area contributed by atoms with E-state index in [1.165, 1.54) is 18.2 Å². The predicted octanol–water partition coefficient (Wildman–Crippen LogP) is 2.35. The molecule has 0 radical (unpaired) electrons. The number of carbonyl (C=O) groups excluding carboxylic acids is 2. The van der Waals surface area contributed by atoms with E-state index in [0.717, 1.165) is 12.8 Å². The molecule has 1 aromatic carbocycles. The lowest BCUT2D eigenvalue weighted by Crippen LogP contribution is -2.48. The number of amides is 2. The van der Waals surface area contributed by atoms with Crippen LogP contribution in [0.1, 0.15) is 25.7 Å². The molecule has 1 fully saturated rings. The molecule has 3 N–H and O–H groups in total. The Labute approximate surface area is 132 Å². The second-order valence-electron chi connectivity index (χ2n) is 5.04. The molecule has 5 nitrogen and oxygen atoms in total. The van der Waals surface area contributed by atoms with Crippen molar-refractivity contribution in [2.24, 2.45) is 0 Å². The topological polar surface area (TPSA) is 78.4 Å². The van der Waals surface area contributed by atoms with Gasteiger partial charge in [0.25, 0.3) is 0 Å². The first kappa shape index (κ1) is 16.1. The molecule has 0 aliphatic heterocycles. The highest BCUT2D eigenvalue weighted by molar-refractivity contribution is 6.40. The zero-order valence-electron chi connectivity index (χ0n) is 11.2. The van der Waals surface area contributed by atoms with Gasteiger partial charge in [-0.1, -0.05) is 36.0 Å². The summed E-state index contributed by atoms with van der Waals surface area (Å²) in [5.74, 6) is -1.59. The highest BCUT2D eigenvalue weighted by Crippen LogP contribution is 2.22. The molecule has 2 rings (SSSR count). The molecular weight excluding hydrogens is 315 g/mol.